The van der Waals surface area contributed by atoms with E-state index in [2.05, 4.69) is 6.92 Å². The summed E-state index contributed by atoms with van der Waals surface area (Å²) in [6.45, 7) is 6.12. The Kier molecular flexibility index (Phi) is 4.35. The molecule has 0 unspecified atom stereocenters. The van der Waals surface area contributed by atoms with Crippen molar-refractivity contribution in [3.8, 4) is 0 Å². The summed E-state index contributed by atoms with van der Waals surface area (Å²) in [7, 11) is 0. The first kappa shape index (κ1) is 11.5. The fraction of sp³-hybridized carbons (Fsp3) is 0.900. The minimum Gasteiger partial charge on any atom is -0.480 e. The Bertz CT molecular complexity index is 196. The third-order valence-corrected chi connectivity index (χ3v) is 2.74. The quantitative estimate of drug-likeness (QED) is 0.736. The van der Waals surface area contributed by atoms with Crippen LogP contribution in [-0.4, -0.2) is 47.8 Å². The highest BCUT2D eigenvalue weighted by Crippen LogP contribution is 2.13. The summed E-state index contributed by atoms with van der Waals surface area (Å²) in [5, 5.41) is 9.00. The predicted molar refractivity (Wildman–Crippen MR) is 53.3 cm³/mol. The number of carboxylic acids is 1. The number of morpholine rings is 1. The van der Waals surface area contributed by atoms with Crippen LogP contribution in [0.5, 0.6) is 0 Å². The third kappa shape index (κ3) is 2.69. The number of aliphatic carboxylic acids is 1. The Labute approximate surface area is 84.8 Å². The summed E-state index contributed by atoms with van der Waals surface area (Å²) in [5.41, 5.74) is 0. The highest BCUT2D eigenvalue weighted by molar-refractivity contribution is 5.73. The molecule has 0 bridgehead atoms. The number of ether oxygens (including phenoxy) is 1. The average molecular weight is 201 g/mol. The van der Waals surface area contributed by atoms with Crippen LogP contribution in [0.4, 0.5) is 0 Å². The van der Waals surface area contributed by atoms with E-state index in [0.717, 1.165) is 19.5 Å². The summed E-state index contributed by atoms with van der Waals surface area (Å²) < 4.78 is 5.50. The lowest BCUT2D eigenvalue weighted by molar-refractivity contribution is -0.146. The van der Waals surface area contributed by atoms with Gasteiger partial charge >= 0.3 is 5.97 Å². The maximum absolute atomic E-state index is 10.9. The largest absolute Gasteiger partial charge is 0.480 e. The molecule has 0 aromatic heterocycles. The van der Waals surface area contributed by atoms with Crippen molar-refractivity contribution in [2.24, 2.45) is 0 Å². The first-order valence-corrected chi connectivity index (χ1v) is 5.27. The molecule has 1 aliphatic rings. The molecule has 1 rings (SSSR count). The Balaban J connectivity index is 2.53. The summed E-state index contributed by atoms with van der Waals surface area (Å²) in [6.07, 6.45) is 1.82. The first-order chi connectivity index (χ1) is 6.69. The van der Waals surface area contributed by atoms with Gasteiger partial charge < -0.3 is 9.84 Å². The highest BCUT2D eigenvalue weighted by Gasteiger charge is 2.28. The van der Waals surface area contributed by atoms with Gasteiger partial charge in [-0.25, -0.2) is 0 Å². The van der Waals surface area contributed by atoms with Crippen molar-refractivity contribution < 1.29 is 14.6 Å². The van der Waals surface area contributed by atoms with Crippen molar-refractivity contribution in [2.75, 3.05) is 19.7 Å². The molecule has 0 aliphatic carbocycles. The van der Waals surface area contributed by atoms with Crippen molar-refractivity contribution in [3.63, 3.8) is 0 Å². The van der Waals surface area contributed by atoms with Gasteiger partial charge in [0.05, 0.1) is 12.7 Å². The second-order valence-corrected chi connectivity index (χ2v) is 3.66. The molecule has 0 amide bonds. The van der Waals surface area contributed by atoms with Gasteiger partial charge in [0.15, 0.2) is 0 Å². The lowest BCUT2D eigenvalue weighted by Gasteiger charge is -2.35. The van der Waals surface area contributed by atoms with Gasteiger partial charge in [-0.1, -0.05) is 13.8 Å². The predicted octanol–water partition coefficient (Wildman–Crippen LogP) is 0.960. The molecule has 0 saturated carbocycles. The molecule has 1 aliphatic heterocycles. The molecule has 82 valence electrons. The molecule has 1 heterocycles. The molecule has 4 nitrogen and oxygen atoms in total. The minimum absolute atomic E-state index is 0.206. The highest BCUT2D eigenvalue weighted by atomic mass is 16.5. The Morgan fingerprint density at radius 3 is 2.86 bits per heavy atom. The molecule has 0 aromatic carbocycles. The zero-order valence-corrected chi connectivity index (χ0v) is 8.90. The number of hydrogen-bond acceptors (Lipinski definition) is 3. The normalized spacial score (nSPS) is 26.0. The van der Waals surface area contributed by atoms with Gasteiger partial charge in [0.1, 0.15) is 6.04 Å². The van der Waals surface area contributed by atoms with Crippen molar-refractivity contribution in [1.29, 1.82) is 0 Å². The van der Waals surface area contributed by atoms with Gasteiger partial charge in [-0.15, -0.1) is 0 Å². The monoisotopic (exact) mass is 201 g/mol. The van der Waals surface area contributed by atoms with Crippen molar-refractivity contribution in [2.45, 2.75) is 38.8 Å². The van der Waals surface area contributed by atoms with Crippen LogP contribution in [-0.2, 0) is 9.53 Å². The van der Waals surface area contributed by atoms with Crippen LogP contribution in [0.3, 0.4) is 0 Å². The first-order valence-electron chi connectivity index (χ1n) is 5.27. The van der Waals surface area contributed by atoms with E-state index in [0.29, 0.717) is 13.0 Å². The van der Waals surface area contributed by atoms with E-state index >= 15 is 0 Å². The maximum Gasteiger partial charge on any atom is 0.320 e. The summed E-state index contributed by atoms with van der Waals surface area (Å²) in [5.74, 6) is -0.718. The molecular formula is C10H19NO3. The van der Waals surface area contributed by atoms with Gasteiger partial charge in [0, 0.05) is 13.1 Å². The van der Waals surface area contributed by atoms with E-state index in [1.807, 2.05) is 11.8 Å². The number of carboxylic acid groups (broad SMARTS) is 1. The van der Waals surface area contributed by atoms with Crippen LogP contribution in [0.25, 0.3) is 0 Å². The van der Waals surface area contributed by atoms with Crippen molar-refractivity contribution in [3.05, 3.63) is 0 Å². The molecule has 14 heavy (non-hydrogen) atoms. The van der Waals surface area contributed by atoms with Gasteiger partial charge in [0.2, 0.25) is 0 Å². The third-order valence-electron chi connectivity index (χ3n) is 2.74. The zero-order chi connectivity index (χ0) is 10.6. The van der Waals surface area contributed by atoms with E-state index in [1.165, 1.54) is 0 Å². The van der Waals surface area contributed by atoms with Crippen molar-refractivity contribution in [1.82, 2.24) is 4.90 Å². The fourth-order valence-corrected chi connectivity index (χ4v) is 1.86. The van der Waals surface area contributed by atoms with Crippen LogP contribution in [0.15, 0.2) is 0 Å². The van der Waals surface area contributed by atoms with Crippen LogP contribution in [0, 0.1) is 0 Å². The molecule has 0 radical (unpaired) electrons. The lowest BCUT2D eigenvalue weighted by atomic mass is 10.1. The molecule has 1 fully saturated rings. The number of nitrogens with zero attached hydrogens (tertiary/aromatic N) is 1. The van der Waals surface area contributed by atoms with Crippen LogP contribution in [0.1, 0.15) is 26.7 Å². The van der Waals surface area contributed by atoms with E-state index in [-0.39, 0.29) is 12.1 Å². The number of hydrogen-bond donors (Lipinski definition) is 1. The smallest absolute Gasteiger partial charge is 0.320 e. The molecule has 4 heteroatoms. The van der Waals surface area contributed by atoms with E-state index in [4.69, 9.17) is 9.84 Å². The van der Waals surface area contributed by atoms with E-state index in [9.17, 15) is 4.79 Å². The maximum atomic E-state index is 10.9. The second kappa shape index (κ2) is 5.32. The van der Waals surface area contributed by atoms with Gasteiger partial charge in [0.25, 0.3) is 0 Å². The summed E-state index contributed by atoms with van der Waals surface area (Å²) in [4.78, 5) is 13.0. The Morgan fingerprint density at radius 2 is 2.36 bits per heavy atom. The average Bonchev–Trinajstić information content (AvgIpc) is 2.19. The SMILES string of the molecule is CC[C@@H]1CN([C@@H](CC)C(=O)O)CCO1. The van der Waals surface area contributed by atoms with E-state index in [1.54, 1.807) is 0 Å². The molecule has 1 saturated heterocycles. The molecular weight excluding hydrogens is 182 g/mol. The minimum atomic E-state index is -0.718. The number of rotatable bonds is 4. The van der Waals surface area contributed by atoms with Crippen LogP contribution >= 0.6 is 0 Å². The lowest BCUT2D eigenvalue weighted by Crippen LogP contribution is -2.50. The fourth-order valence-electron chi connectivity index (χ4n) is 1.86. The molecule has 1 N–H and O–H groups in total. The van der Waals surface area contributed by atoms with Gasteiger partial charge in [-0.05, 0) is 12.8 Å². The second-order valence-electron chi connectivity index (χ2n) is 3.66. The van der Waals surface area contributed by atoms with Crippen molar-refractivity contribution >= 4 is 5.97 Å². The zero-order valence-electron chi connectivity index (χ0n) is 8.90. The Hall–Kier alpha value is -0.610. The van der Waals surface area contributed by atoms with E-state index < -0.39 is 5.97 Å². The molecule has 0 aromatic rings. The standard InChI is InChI=1S/C10H19NO3/c1-3-8-7-11(5-6-14-8)9(4-2)10(12)13/h8-9H,3-7H2,1-2H3,(H,12,13)/t8-,9+/m1/s1. The molecule has 0 spiro atoms. The number of carbonyl (C=O) groups is 1. The van der Waals surface area contributed by atoms with Crippen LogP contribution < -0.4 is 0 Å². The van der Waals surface area contributed by atoms with Gasteiger partial charge in [-0.3, -0.25) is 9.69 Å². The van der Waals surface area contributed by atoms with Gasteiger partial charge in [-0.2, -0.15) is 0 Å². The van der Waals surface area contributed by atoms with Crippen LogP contribution in [0.2, 0.25) is 0 Å². The molecule has 2 atom stereocenters. The topological polar surface area (TPSA) is 49.8 Å². The Morgan fingerprint density at radius 1 is 1.64 bits per heavy atom. The summed E-state index contributed by atoms with van der Waals surface area (Å²) >= 11 is 0. The summed E-state index contributed by atoms with van der Waals surface area (Å²) in [6, 6.07) is -0.340.